The maximum absolute atomic E-state index is 12.3. The van der Waals surface area contributed by atoms with E-state index in [9.17, 15) is 9.90 Å². The molecule has 2 rings (SSSR count). The third-order valence-corrected chi connectivity index (χ3v) is 4.64. The molecule has 1 N–H and O–H groups in total. The van der Waals surface area contributed by atoms with Crippen LogP contribution in [-0.4, -0.2) is 43.7 Å². The summed E-state index contributed by atoms with van der Waals surface area (Å²) in [6.07, 6.45) is 1.34. The predicted octanol–water partition coefficient (Wildman–Crippen LogP) is 3.53. The molecule has 0 aliphatic carbocycles. The van der Waals surface area contributed by atoms with Gasteiger partial charge >= 0.3 is 0 Å². The van der Waals surface area contributed by atoms with E-state index in [1.165, 1.54) is 11.1 Å². The van der Waals surface area contributed by atoms with Crippen molar-refractivity contribution in [2.45, 2.75) is 32.3 Å². The molecule has 2 aromatic carbocycles. The van der Waals surface area contributed by atoms with E-state index in [-0.39, 0.29) is 12.5 Å². The molecule has 0 aliphatic heterocycles. The van der Waals surface area contributed by atoms with Crippen molar-refractivity contribution in [2.75, 3.05) is 27.8 Å². The van der Waals surface area contributed by atoms with Gasteiger partial charge in [-0.25, -0.2) is 0 Å². The van der Waals surface area contributed by atoms with Crippen LogP contribution in [0.4, 0.5) is 0 Å². The van der Waals surface area contributed by atoms with Crippen LogP contribution in [0.1, 0.15) is 35.6 Å². The zero-order chi connectivity index (χ0) is 19.8. The lowest BCUT2D eigenvalue weighted by atomic mass is 10.1. The van der Waals surface area contributed by atoms with Gasteiger partial charge < -0.3 is 19.5 Å². The second-order valence-corrected chi connectivity index (χ2v) is 6.74. The van der Waals surface area contributed by atoms with Crippen molar-refractivity contribution in [3.05, 3.63) is 59.2 Å². The van der Waals surface area contributed by atoms with Crippen LogP contribution >= 0.6 is 0 Å². The summed E-state index contributed by atoms with van der Waals surface area (Å²) in [5.74, 6) is 1.19. The van der Waals surface area contributed by atoms with Gasteiger partial charge in [0.25, 0.3) is 0 Å². The Morgan fingerprint density at radius 1 is 1.07 bits per heavy atom. The van der Waals surface area contributed by atoms with Crippen LogP contribution in [0, 0.1) is 6.92 Å². The van der Waals surface area contributed by atoms with Crippen LogP contribution in [0.2, 0.25) is 0 Å². The predicted molar refractivity (Wildman–Crippen MR) is 106 cm³/mol. The third kappa shape index (κ3) is 6.00. The van der Waals surface area contributed by atoms with E-state index in [1.54, 1.807) is 44.4 Å². The van der Waals surface area contributed by atoms with Crippen molar-refractivity contribution >= 4 is 5.91 Å². The number of aryl methyl sites for hydroxylation is 2. The van der Waals surface area contributed by atoms with Gasteiger partial charge in [-0.15, -0.1) is 0 Å². The summed E-state index contributed by atoms with van der Waals surface area (Å²) in [5.41, 5.74) is 3.16. The molecule has 5 heteroatoms. The number of ether oxygens (including phenoxy) is 2. The Hall–Kier alpha value is -2.53. The largest absolute Gasteiger partial charge is 0.493 e. The van der Waals surface area contributed by atoms with Crippen molar-refractivity contribution in [3.63, 3.8) is 0 Å². The Kier molecular flexibility index (Phi) is 7.67. The normalized spacial score (nSPS) is 11.7. The standard InChI is InChI=1S/C22H29NO4/c1-16-8-10-17(11-9-16)6-5-7-22(25)23(2)15-19(24)18-12-13-20(26-3)21(14-18)27-4/h8-14,19,24H,5-7,15H2,1-4H3. The number of likely N-dealkylation sites (N-methyl/N-ethyl adjacent to an activating group) is 1. The Morgan fingerprint density at radius 3 is 2.37 bits per heavy atom. The lowest BCUT2D eigenvalue weighted by Crippen LogP contribution is -2.31. The molecule has 0 heterocycles. The van der Waals surface area contributed by atoms with Gasteiger partial charge in [-0.2, -0.15) is 0 Å². The topological polar surface area (TPSA) is 59.0 Å². The third-order valence-electron chi connectivity index (χ3n) is 4.64. The van der Waals surface area contributed by atoms with E-state index in [4.69, 9.17) is 9.47 Å². The fourth-order valence-corrected chi connectivity index (χ4v) is 2.92. The molecule has 1 amide bonds. The number of aliphatic hydroxyl groups excluding tert-OH is 1. The summed E-state index contributed by atoms with van der Waals surface area (Å²) in [6.45, 7) is 2.30. The lowest BCUT2D eigenvalue weighted by Gasteiger charge is -2.22. The molecule has 0 radical (unpaired) electrons. The van der Waals surface area contributed by atoms with Gasteiger partial charge in [-0.3, -0.25) is 4.79 Å². The van der Waals surface area contributed by atoms with Crippen LogP contribution < -0.4 is 9.47 Å². The zero-order valence-corrected chi connectivity index (χ0v) is 16.6. The number of benzene rings is 2. The van der Waals surface area contributed by atoms with Gasteiger partial charge in [0.05, 0.1) is 26.9 Å². The maximum atomic E-state index is 12.3. The van der Waals surface area contributed by atoms with E-state index in [0.717, 1.165) is 12.8 Å². The fraction of sp³-hybridized carbons (Fsp3) is 0.409. The molecule has 0 fully saturated rings. The first-order valence-corrected chi connectivity index (χ1v) is 9.14. The Morgan fingerprint density at radius 2 is 1.74 bits per heavy atom. The first-order chi connectivity index (χ1) is 12.9. The Balaban J connectivity index is 1.85. The zero-order valence-electron chi connectivity index (χ0n) is 16.6. The van der Waals surface area contributed by atoms with Gasteiger partial charge in [0.1, 0.15) is 0 Å². The second-order valence-electron chi connectivity index (χ2n) is 6.74. The minimum atomic E-state index is -0.782. The maximum Gasteiger partial charge on any atom is 0.222 e. The summed E-state index contributed by atoms with van der Waals surface area (Å²) in [7, 11) is 4.84. The highest BCUT2D eigenvalue weighted by molar-refractivity contribution is 5.75. The van der Waals surface area contributed by atoms with E-state index < -0.39 is 6.10 Å². The number of carbonyl (C=O) groups excluding carboxylic acids is 1. The molecule has 0 saturated carbocycles. The average Bonchev–Trinajstić information content (AvgIpc) is 2.68. The van der Waals surface area contributed by atoms with Crippen LogP contribution in [0.3, 0.4) is 0 Å². The Labute approximate surface area is 161 Å². The molecule has 1 unspecified atom stereocenters. The van der Waals surface area contributed by atoms with Gasteiger partial charge in [-0.05, 0) is 43.0 Å². The first-order valence-electron chi connectivity index (χ1n) is 9.14. The summed E-state index contributed by atoms with van der Waals surface area (Å²) in [6, 6.07) is 13.6. The van der Waals surface area contributed by atoms with E-state index in [1.807, 2.05) is 0 Å². The summed E-state index contributed by atoms with van der Waals surface area (Å²) in [5, 5.41) is 10.5. The van der Waals surface area contributed by atoms with Crippen molar-refractivity contribution in [3.8, 4) is 11.5 Å². The van der Waals surface area contributed by atoms with Crippen LogP contribution in [0.15, 0.2) is 42.5 Å². The highest BCUT2D eigenvalue weighted by Gasteiger charge is 2.17. The molecule has 2 aromatic rings. The van der Waals surface area contributed by atoms with Crippen LogP contribution in [-0.2, 0) is 11.2 Å². The molecule has 0 saturated heterocycles. The Bertz CT molecular complexity index is 742. The molecule has 146 valence electrons. The second kappa shape index (κ2) is 9.97. The molecular weight excluding hydrogens is 342 g/mol. The number of hydrogen-bond acceptors (Lipinski definition) is 4. The molecule has 5 nitrogen and oxygen atoms in total. The number of hydrogen-bond donors (Lipinski definition) is 1. The van der Waals surface area contributed by atoms with Crippen molar-refractivity contribution < 1.29 is 19.4 Å². The quantitative estimate of drug-likeness (QED) is 0.733. The number of carbonyl (C=O) groups is 1. The monoisotopic (exact) mass is 371 g/mol. The minimum Gasteiger partial charge on any atom is -0.493 e. The number of amides is 1. The minimum absolute atomic E-state index is 0.0293. The van der Waals surface area contributed by atoms with E-state index in [2.05, 4.69) is 31.2 Å². The van der Waals surface area contributed by atoms with Crippen molar-refractivity contribution in [2.24, 2.45) is 0 Å². The van der Waals surface area contributed by atoms with Crippen LogP contribution in [0.5, 0.6) is 11.5 Å². The van der Waals surface area contributed by atoms with Gasteiger partial charge in [0.2, 0.25) is 5.91 Å². The number of nitrogens with zero attached hydrogens (tertiary/aromatic N) is 1. The number of rotatable bonds is 9. The van der Waals surface area contributed by atoms with E-state index in [0.29, 0.717) is 23.5 Å². The van der Waals surface area contributed by atoms with Crippen LogP contribution in [0.25, 0.3) is 0 Å². The van der Waals surface area contributed by atoms with Crippen molar-refractivity contribution in [1.82, 2.24) is 4.90 Å². The molecule has 0 aromatic heterocycles. The molecule has 1 atom stereocenters. The summed E-state index contributed by atoms with van der Waals surface area (Å²) >= 11 is 0. The van der Waals surface area contributed by atoms with E-state index >= 15 is 0 Å². The number of methoxy groups -OCH3 is 2. The number of aliphatic hydroxyl groups is 1. The fourth-order valence-electron chi connectivity index (χ4n) is 2.92. The lowest BCUT2D eigenvalue weighted by molar-refractivity contribution is -0.131. The molecular formula is C22H29NO4. The van der Waals surface area contributed by atoms with Gasteiger partial charge in [0, 0.05) is 13.5 Å². The average molecular weight is 371 g/mol. The highest BCUT2D eigenvalue weighted by Crippen LogP contribution is 2.30. The molecule has 27 heavy (non-hydrogen) atoms. The molecule has 0 spiro atoms. The first kappa shape index (κ1) is 20.8. The molecule has 0 bridgehead atoms. The van der Waals surface area contributed by atoms with Gasteiger partial charge in [-0.1, -0.05) is 35.9 Å². The molecule has 0 aliphatic rings. The van der Waals surface area contributed by atoms with Crippen molar-refractivity contribution in [1.29, 1.82) is 0 Å². The summed E-state index contributed by atoms with van der Waals surface area (Å²) in [4.78, 5) is 13.9. The summed E-state index contributed by atoms with van der Waals surface area (Å²) < 4.78 is 10.5. The smallest absolute Gasteiger partial charge is 0.222 e. The van der Waals surface area contributed by atoms with Gasteiger partial charge in [0.15, 0.2) is 11.5 Å². The SMILES string of the molecule is COc1ccc(C(O)CN(C)C(=O)CCCc2ccc(C)cc2)cc1OC. The highest BCUT2D eigenvalue weighted by atomic mass is 16.5.